The van der Waals surface area contributed by atoms with Gasteiger partial charge in [-0.05, 0) is 44.1 Å². The Morgan fingerprint density at radius 2 is 2.11 bits per heavy atom. The van der Waals surface area contributed by atoms with Crippen molar-refractivity contribution >= 4 is 11.5 Å². The predicted octanol–water partition coefficient (Wildman–Crippen LogP) is 2.34. The van der Waals surface area contributed by atoms with E-state index in [-0.39, 0.29) is 5.78 Å². The Kier molecular flexibility index (Phi) is 4.80. The van der Waals surface area contributed by atoms with Crippen molar-refractivity contribution in [3.63, 3.8) is 0 Å². The zero-order valence-corrected chi connectivity index (χ0v) is 11.5. The molecule has 0 atom stereocenters. The summed E-state index contributed by atoms with van der Waals surface area (Å²) < 4.78 is 5.69. The number of hydrogen-bond acceptors (Lipinski definition) is 4. The highest BCUT2D eigenvalue weighted by atomic mass is 16.5. The monoisotopic (exact) mass is 262 g/mol. The standard InChI is InChI=1S/C15H22N2O2/c1-2-14(18)12-5-6-15(13(16)11-12)19-10-9-17-7-3-4-8-17/h5-6,11H,2-4,7-10,16H2,1H3. The minimum atomic E-state index is 0.107. The first-order valence-electron chi connectivity index (χ1n) is 6.98. The summed E-state index contributed by atoms with van der Waals surface area (Å²) in [5, 5.41) is 0. The summed E-state index contributed by atoms with van der Waals surface area (Å²) in [6, 6.07) is 5.28. The van der Waals surface area contributed by atoms with E-state index in [1.54, 1.807) is 18.2 Å². The van der Waals surface area contributed by atoms with Gasteiger partial charge < -0.3 is 10.5 Å². The van der Waals surface area contributed by atoms with Crippen LogP contribution >= 0.6 is 0 Å². The summed E-state index contributed by atoms with van der Waals surface area (Å²) in [4.78, 5) is 14.0. The lowest BCUT2D eigenvalue weighted by molar-refractivity contribution is 0.0988. The zero-order chi connectivity index (χ0) is 13.7. The number of ketones is 1. The summed E-state index contributed by atoms with van der Waals surface area (Å²) in [6.45, 7) is 5.77. The lowest BCUT2D eigenvalue weighted by atomic mass is 10.1. The molecule has 1 aromatic rings. The number of ether oxygens (including phenoxy) is 1. The maximum atomic E-state index is 11.6. The molecule has 0 aliphatic carbocycles. The molecular formula is C15H22N2O2. The number of likely N-dealkylation sites (tertiary alicyclic amines) is 1. The third kappa shape index (κ3) is 3.70. The Morgan fingerprint density at radius 3 is 2.74 bits per heavy atom. The van der Waals surface area contributed by atoms with Crippen LogP contribution in [0.1, 0.15) is 36.5 Å². The minimum Gasteiger partial charge on any atom is -0.490 e. The molecule has 2 rings (SSSR count). The molecule has 0 spiro atoms. The van der Waals surface area contributed by atoms with E-state index < -0.39 is 0 Å². The van der Waals surface area contributed by atoms with Crippen LogP contribution in [0, 0.1) is 0 Å². The highest BCUT2D eigenvalue weighted by molar-refractivity contribution is 5.97. The fourth-order valence-corrected chi connectivity index (χ4v) is 2.35. The highest BCUT2D eigenvalue weighted by Gasteiger charge is 2.11. The van der Waals surface area contributed by atoms with Crippen molar-refractivity contribution in [1.29, 1.82) is 0 Å². The SMILES string of the molecule is CCC(=O)c1ccc(OCCN2CCCC2)c(N)c1. The Morgan fingerprint density at radius 1 is 1.37 bits per heavy atom. The van der Waals surface area contributed by atoms with E-state index in [0.717, 1.165) is 6.54 Å². The quantitative estimate of drug-likeness (QED) is 0.631. The maximum absolute atomic E-state index is 11.6. The van der Waals surface area contributed by atoms with Gasteiger partial charge in [-0.15, -0.1) is 0 Å². The van der Waals surface area contributed by atoms with Gasteiger partial charge >= 0.3 is 0 Å². The van der Waals surface area contributed by atoms with Crippen molar-refractivity contribution in [2.45, 2.75) is 26.2 Å². The van der Waals surface area contributed by atoms with E-state index >= 15 is 0 Å². The summed E-state index contributed by atoms with van der Waals surface area (Å²) in [5.41, 5.74) is 7.12. The summed E-state index contributed by atoms with van der Waals surface area (Å²) in [5.74, 6) is 0.780. The second kappa shape index (κ2) is 6.57. The lowest BCUT2D eigenvalue weighted by Gasteiger charge is -2.15. The second-order valence-corrected chi connectivity index (χ2v) is 4.93. The second-order valence-electron chi connectivity index (χ2n) is 4.93. The molecule has 4 nitrogen and oxygen atoms in total. The van der Waals surface area contributed by atoms with Gasteiger partial charge in [0.05, 0.1) is 5.69 Å². The summed E-state index contributed by atoms with van der Waals surface area (Å²) in [7, 11) is 0. The third-order valence-corrected chi connectivity index (χ3v) is 3.52. The molecule has 2 N–H and O–H groups in total. The molecule has 4 heteroatoms. The van der Waals surface area contributed by atoms with Gasteiger partial charge in [-0.2, -0.15) is 0 Å². The number of nitrogens with zero attached hydrogens (tertiary/aromatic N) is 1. The Bertz CT molecular complexity index is 440. The highest BCUT2D eigenvalue weighted by Crippen LogP contribution is 2.23. The average Bonchev–Trinajstić information content (AvgIpc) is 2.93. The number of rotatable bonds is 6. The average molecular weight is 262 g/mol. The van der Waals surface area contributed by atoms with Gasteiger partial charge in [0.1, 0.15) is 12.4 Å². The first-order valence-corrected chi connectivity index (χ1v) is 6.98. The minimum absolute atomic E-state index is 0.107. The molecule has 1 aliphatic heterocycles. The van der Waals surface area contributed by atoms with E-state index in [1.165, 1.54) is 25.9 Å². The molecule has 0 amide bonds. The van der Waals surface area contributed by atoms with Gasteiger partial charge in [0.15, 0.2) is 5.78 Å². The first-order chi connectivity index (χ1) is 9.20. The Labute approximate surface area is 114 Å². The van der Waals surface area contributed by atoms with E-state index in [9.17, 15) is 4.79 Å². The topological polar surface area (TPSA) is 55.6 Å². The van der Waals surface area contributed by atoms with Crippen LogP contribution in [0.3, 0.4) is 0 Å². The van der Waals surface area contributed by atoms with Gasteiger partial charge in [-0.25, -0.2) is 0 Å². The third-order valence-electron chi connectivity index (χ3n) is 3.52. The number of nitrogens with two attached hydrogens (primary N) is 1. The van der Waals surface area contributed by atoms with Gasteiger partial charge in [-0.3, -0.25) is 9.69 Å². The fourth-order valence-electron chi connectivity index (χ4n) is 2.35. The molecule has 1 aliphatic rings. The van der Waals surface area contributed by atoms with E-state index in [1.807, 2.05) is 6.92 Å². The molecule has 1 fully saturated rings. The molecule has 1 aromatic carbocycles. The molecule has 104 valence electrons. The zero-order valence-electron chi connectivity index (χ0n) is 11.5. The van der Waals surface area contributed by atoms with Crippen molar-refractivity contribution in [3.05, 3.63) is 23.8 Å². The fraction of sp³-hybridized carbons (Fsp3) is 0.533. The van der Waals surface area contributed by atoms with Crippen molar-refractivity contribution in [2.24, 2.45) is 0 Å². The molecule has 0 bridgehead atoms. The smallest absolute Gasteiger partial charge is 0.162 e. The van der Waals surface area contributed by atoms with Crippen molar-refractivity contribution in [3.8, 4) is 5.75 Å². The lowest BCUT2D eigenvalue weighted by Crippen LogP contribution is -2.25. The predicted molar refractivity (Wildman–Crippen MR) is 76.6 cm³/mol. The molecule has 1 heterocycles. The number of benzene rings is 1. The van der Waals surface area contributed by atoms with Gasteiger partial charge in [0.2, 0.25) is 0 Å². The Hall–Kier alpha value is -1.55. The van der Waals surface area contributed by atoms with Crippen LogP contribution in [0.15, 0.2) is 18.2 Å². The summed E-state index contributed by atoms with van der Waals surface area (Å²) in [6.07, 6.45) is 3.07. The van der Waals surface area contributed by atoms with Gasteiger partial charge in [0.25, 0.3) is 0 Å². The van der Waals surface area contributed by atoms with E-state index in [2.05, 4.69) is 4.90 Å². The molecule has 19 heavy (non-hydrogen) atoms. The molecule has 0 aromatic heterocycles. The van der Waals surface area contributed by atoms with Crippen LogP contribution in [0.5, 0.6) is 5.75 Å². The number of anilines is 1. The number of nitrogen functional groups attached to an aromatic ring is 1. The van der Waals surface area contributed by atoms with Crippen LogP contribution < -0.4 is 10.5 Å². The van der Waals surface area contributed by atoms with Crippen molar-refractivity contribution in [2.75, 3.05) is 32.0 Å². The first kappa shape index (κ1) is 13.9. The molecular weight excluding hydrogens is 240 g/mol. The van der Waals surface area contributed by atoms with Gasteiger partial charge in [-0.1, -0.05) is 6.92 Å². The van der Waals surface area contributed by atoms with Crippen molar-refractivity contribution in [1.82, 2.24) is 4.90 Å². The van der Waals surface area contributed by atoms with E-state index in [0.29, 0.717) is 30.0 Å². The van der Waals surface area contributed by atoms with Crippen LogP contribution in [0.4, 0.5) is 5.69 Å². The van der Waals surface area contributed by atoms with Crippen molar-refractivity contribution < 1.29 is 9.53 Å². The molecule has 0 saturated carbocycles. The largest absolute Gasteiger partial charge is 0.490 e. The molecule has 0 radical (unpaired) electrons. The van der Waals surface area contributed by atoms with Crippen LogP contribution in [-0.2, 0) is 0 Å². The number of carbonyl (C=O) groups is 1. The number of Topliss-reactive ketones (excluding diaryl/α,β-unsaturated/α-hetero) is 1. The normalized spacial score (nSPS) is 15.6. The van der Waals surface area contributed by atoms with Gasteiger partial charge in [0, 0.05) is 18.5 Å². The number of hydrogen-bond donors (Lipinski definition) is 1. The number of carbonyl (C=O) groups excluding carboxylic acids is 1. The molecule has 1 saturated heterocycles. The summed E-state index contributed by atoms with van der Waals surface area (Å²) >= 11 is 0. The maximum Gasteiger partial charge on any atom is 0.162 e. The van der Waals surface area contributed by atoms with Crippen LogP contribution in [0.25, 0.3) is 0 Å². The van der Waals surface area contributed by atoms with Crippen LogP contribution in [-0.4, -0.2) is 36.9 Å². The Balaban J connectivity index is 1.87. The van der Waals surface area contributed by atoms with E-state index in [4.69, 9.17) is 10.5 Å². The van der Waals surface area contributed by atoms with Crippen LogP contribution in [0.2, 0.25) is 0 Å². The molecule has 0 unspecified atom stereocenters.